The van der Waals surface area contributed by atoms with Gasteiger partial charge in [0.15, 0.2) is 10.9 Å². The van der Waals surface area contributed by atoms with Crippen LogP contribution in [-0.4, -0.2) is 33.0 Å². The van der Waals surface area contributed by atoms with Crippen LogP contribution in [0.15, 0.2) is 24.7 Å². The monoisotopic (exact) mass is 341 g/mol. The van der Waals surface area contributed by atoms with Gasteiger partial charge in [-0.3, -0.25) is 0 Å². The van der Waals surface area contributed by atoms with E-state index in [1.54, 1.807) is 23.6 Å². The highest BCUT2D eigenvalue weighted by atomic mass is 32.1. The summed E-state index contributed by atoms with van der Waals surface area (Å²) in [6.07, 6.45) is 5.72. The molecule has 1 aliphatic heterocycles. The molecule has 1 fully saturated rings. The molecule has 7 nitrogen and oxygen atoms in total. The second-order valence-electron chi connectivity index (χ2n) is 6.15. The number of fused-ring (bicyclic) bond motifs is 1. The first-order valence-electron chi connectivity index (χ1n) is 8.04. The molecule has 3 aromatic heterocycles. The highest BCUT2D eigenvalue weighted by Gasteiger charge is 2.20. The minimum Gasteiger partial charge on any atom is -0.384 e. The summed E-state index contributed by atoms with van der Waals surface area (Å²) in [6, 6.07) is 3.64. The van der Waals surface area contributed by atoms with Gasteiger partial charge in [-0.25, -0.2) is 19.9 Å². The van der Waals surface area contributed by atoms with Crippen molar-refractivity contribution in [2.24, 2.45) is 5.92 Å². The first-order valence-corrected chi connectivity index (χ1v) is 8.86. The Labute approximate surface area is 144 Å². The number of pyridine rings is 1. The van der Waals surface area contributed by atoms with Gasteiger partial charge in [-0.2, -0.15) is 0 Å². The Morgan fingerprint density at radius 3 is 3.08 bits per heavy atom. The highest BCUT2D eigenvalue weighted by Crippen LogP contribution is 2.35. The molecule has 0 aromatic carbocycles. The largest absolute Gasteiger partial charge is 0.384 e. The quantitative estimate of drug-likeness (QED) is 0.756. The van der Waals surface area contributed by atoms with Crippen LogP contribution in [0.1, 0.15) is 19.8 Å². The van der Waals surface area contributed by atoms with E-state index in [4.69, 9.17) is 10.7 Å². The normalized spacial score (nSPS) is 18.0. The van der Waals surface area contributed by atoms with Crippen molar-refractivity contribution in [3.05, 3.63) is 24.7 Å². The zero-order valence-electron chi connectivity index (χ0n) is 13.4. The molecule has 124 valence electrons. The summed E-state index contributed by atoms with van der Waals surface area (Å²) in [4.78, 5) is 19.7. The van der Waals surface area contributed by atoms with Gasteiger partial charge in [-0.05, 0) is 24.8 Å². The fourth-order valence-corrected chi connectivity index (χ4v) is 4.03. The predicted molar refractivity (Wildman–Crippen MR) is 97.8 cm³/mol. The number of piperidine rings is 1. The molecule has 0 aliphatic carbocycles. The van der Waals surface area contributed by atoms with Crippen LogP contribution in [0.3, 0.4) is 0 Å². The fourth-order valence-electron chi connectivity index (χ4n) is 2.99. The van der Waals surface area contributed by atoms with Crippen molar-refractivity contribution in [1.82, 2.24) is 19.9 Å². The van der Waals surface area contributed by atoms with Gasteiger partial charge in [0.25, 0.3) is 0 Å². The van der Waals surface area contributed by atoms with Crippen molar-refractivity contribution in [3.63, 3.8) is 0 Å². The number of nitrogen functional groups attached to an aromatic ring is 1. The summed E-state index contributed by atoms with van der Waals surface area (Å²) >= 11 is 1.67. The Bertz CT molecular complexity index is 863. The Hall–Kier alpha value is -2.48. The summed E-state index contributed by atoms with van der Waals surface area (Å²) < 4.78 is 1.03. The van der Waals surface area contributed by atoms with Crippen LogP contribution in [0.2, 0.25) is 0 Å². The molecule has 0 saturated carbocycles. The summed E-state index contributed by atoms with van der Waals surface area (Å²) in [6.45, 7) is 4.44. The maximum absolute atomic E-state index is 5.71. The zero-order chi connectivity index (χ0) is 16.5. The summed E-state index contributed by atoms with van der Waals surface area (Å²) in [5.41, 5.74) is 6.66. The van der Waals surface area contributed by atoms with E-state index in [-0.39, 0.29) is 0 Å². The number of nitrogens with two attached hydrogens (primary N) is 1. The Balaban J connectivity index is 1.67. The minimum absolute atomic E-state index is 0.423. The molecule has 8 heteroatoms. The number of nitrogens with zero attached hydrogens (tertiary/aromatic N) is 5. The second-order valence-corrected chi connectivity index (χ2v) is 7.13. The molecule has 1 saturated heterocycles. The molecule has 0 spiro atoms. The van der Waals surface area contributed by atoms with E-state index in [9.17, 15) is 0 Å². The molecule has 4 heterocycles. The lowest BCUT2D eigenvalue weighted by Gasteiger charge is -2.30. The number of aromatic nitrogens is 4. The Morgan fingerprint density at radius 1 is 1.33 bits per heavy atom. The average molecular weight is 341 g/mol. The number of hydrogen-bond donors (Lipinski definition) is 2. The summed E-state index contributed by atoms with van der Waals surface area (Å²) in [7, 11) is 0. The Morgan fingerprint density at radius 2 is 2.25 bits per heavy atom. The SMILES string of the molecule is CC1CCCN(c2nc3ccnc(Nc4cc(N)ncn4)c3s2)C1. The van der Waals surface area contributed by atoms with Crippen molar-refractivity contribution in [2.75, 3.05) is 29.0 Å². The van der Waals surface area contributed by atoms with E-state index in [0.717, 1.165) is 34.3 Å². The van der Waals surface area contributed by atoms with Crippen LogP contribution in [-0.2, 0) is 0 Å². The summed E-state index contributed by atoms with van der Waals surface area (Å²) in [5, 5.41) is 4.29. The van der Waals surface area contributed by atoms with Crippen LogP contribution >= 0.6 is 11.3 Å². The number of anilines is 4. The van der Waals surface area contributed by atoms with Gasteiger partial charge in [-0.1, -0.05) is 18.3 Å². The average Bonchev–Trinajstić information content (AvgIpc) is 3.00. The van der Waals surface area contributed by atoms with Gasteiger partial charge in [0, 0.05) is 25.4 Å². The minimum atomic E-state index is 0.423. The van der Waals surface area contributed by atoms with E-state index in [0.29, 0.717) is 17.6 Å². The highest BCUT2D eigenvalue weighted by molar-refractivity contribution is 7.22. The van der Waals surface area contributed by atoms with Gasteiger partial charge in [0.1, 0.15) is 18.0 Å². The van der Waals surface area contributed by atoms with Crippen LogP contribution in [0.4, 0.5) is 22.6 Å². The Kier molecular flexibility index (Phi) is 3.89. The van der Waals surface area contributed by atoms with Crippen molar-refractivity contribution >= 4 is 44.1 Å². The van der Waals surface area contributed by atoms with E-state index in [2.05, 4.69) is 32.1 Å². The van der Waals surface area contributed by atoms with Gasteiger partial charge in [0.05, 0.1) is 10.2 Å². The van der Waals surface area contributed by atoms with Gasteiger partial charge < -0.3 is 16.0 Å². The fraction of sp³-hybridized carbons (Fsp3) is 0.375. The van der Waals surface area contributed by atoms with E-state index < -0.39 is 0 Å². The van der Waals surface area contributed by atoms with Crippen LogP contribution < -0.4 is 16.0 Å². The molecule has 1 atom stereocenters. The van der Waals surface area contributed by atoms with Gasteiger partial charge in [0.2, 0.25) is 0 Å². The molecule has 1 unspecified atom stereocenters. The molecule has 4 rings (SSSR count). The van der Waals surface area contributed by atoms with Crippen LogP contribution in [0.5, 0.6) is 0 Å². The van der Waals surface area contributed by atoms with Gasteiger partial charge >= 0.3 is 0 Å². The number of rotatable bonds is 3. The third-order valence-electron chi connectivity index (χ3n) is 4.16. The molecular formula is C16H19N7S. The zero-order valence-corrected chi connectivity index (χ0v) is 14.3. The molecule has 1 aliphatic rings. The first-order chi connectivity index (χ1) is 11.7. The molecule has 24 heavy (non-hydrogen) atoms. The van der Waals surface area contributed by atoms with E-state index in [1.165, 1.54) is 19.2 Å². The van der Waals surface area contributed by atoms with Crippen molar-refractivity contribution < 1.29 is 0 Å². The topological polar surface area (TPSA) is 92.9 Å². The van der Waals surface area contributed by atoms with Crippen LogP contribution in [0, 0.1) is 5.92 Å². The van der Waals surface area contributed by atoms with Crippen molar-refractivity contribution in [1.29, 1.82) is 0 Å². The lowest BCUT2D eigenvalue weighted by molar-refractivity contribution is 0.446. The number of hydrogen-bond acceptors (Lipinski definition) is 8. The molecule has 0 bridgehead atoms. The second kappa shape index (κ2) is 6.20. The predicted octanol–water partition coefficient (Wildman–Crippen LogP) is 3.04. The van der Waals surface area contributed by atoms with Crippen molar-refractivity contribution in [2.45, 2.75) is 19.8 Å². The molecule has 0 radical (unpaired) electrons. The number of thiazole rings is 1. The van der Waals surface area contributed by atoms with Gasteiger partial charge in [-0.15, -0.1) is 0 Å². The number of nitrogens with one attached hydrogen (secondary N) is 1. The molecular weight excluding hydrogens is 322 g/mol. The summed E-state index contributed by atoms with van der Waals surface area (Å²) in [5.74, 6) is 2.51. The molecule has 3 aromatic rings. The smallest absolute Gasteiger partial charge is 0.186 e. The van der Waals surface area contributed by atoms with E-state index >= 15 is 0 Å². The van der Waals surface area contributed by atoms with Crippen LogP contribution in [0.25, 0.3) is 10.2 Å². The van der Waals surface area contributed by atoms with Crippen molar-refractivity contribution in [3.8, 4) is 0 Å². The third kappa shape index (κ3) is 2.96. The third-order valence-corrected chi connectivity index (χ3v) is 5.29. The standard InChI is InChI=1S/C16H19N7S/c1-10-3-2-6-23(8-10)16-21-11-4-5-18-15(14(11)24-16)22-13-7-12(17)19-9-20-13/h4-5,7,9-10H,2-3,6,8H2,1H3,(H3,17,18,19,20,22). The molecule has 0 amide bonds. The van der Waals surface area contributed by atoms with E-state index in [1.807, 2.05) is 6.07 Å². The lowest BCUT2D eigenvalue weighted by atomic mass is 10.0. The maximum atomic E-state index is 5.71. The molecule has 3 N–H and O–H groups in total. The first kappa shape index (κ1) is 15.1. The lowest BCUT2D eigenvalue weighted by Crippen LogP contribution is -2.34. The maximum Gasteiger partial charge on any atom is 0.186 e.